The van der Waals surface area contributed by atoms with Crippen LogP contribution in [0.4, 0.5) is 18.9 Å². The predicted octanol–water partition coefficient (Wildman–Crippen LogP) is 7.66. The smallest absolute Gasteiger partial charge is 0.407 e. The number of halogens is 3. The zero-order chi connectivity index (χ0) is 59.9. The van der Waals surface area contributed by atoms with Crippen LogP contribution in [0.2, 0.25) is 0 Å². The van der Waals surface area contributed by atoms with Gasteiger partial charge in [0.15, 0.2) is 0 Å². The summed E-state index contributed by atoms with van der Waals surface area (Å²) >= 11 is 1.55. The topological polar surface area (TPSA) is 233 Å². The van der Waals surface area contributed by atoms with E-state index >= 15 is 0 Å². The van der Waals surface area contributed by atoms with Crippen molar-refractivity contribution >= 4 is 55.9 Å². The fourth-order valence-electron chi connectivity index (χ4n) is 10.6. The number of aryl methyl sites for hydroxylation is 1. The number of aliphatic hydroxyl groups is 1. The summed E-state index contributed by atoms with van der Waals surface area (Å²) in [5, 5.41) is 25.1. The number of nitrogens with zero attached hydrogens (tertiary/aromatic N) is 5. The van der Waals surface area contributed by atoms with Crippen molar-refractivity contribution in [1.82, 2.24) is 30.1 Å². The largest absolute Gasteiger partial charge is 0.508 e. The Morgan fingerprint density at radius 1 is 0.833 bits per heavy atom. The Balaban J connectivity index is 0.702. The fraction of sp³-hybridized carbons (Fsp3) is 0.417. The van der Waals surface area contributed by atoms with E-state index in [0.29, 0.717) is 26.6 Å². The number of rotatable bonds is 25. The number of sulfonamides is 1. The molecular formula is C60H68F3N7O12S2. The van der Waals surface area contributed by atoms with E-state index in [1.807, 2.05) is 62.4 Å². The molecule has 7 atom stereocenters. The number of ether oxygens (including phenoxy) is 5. The van der Waals surface area contributed by atoms with Crippen LogP contribution in [0.3, 0.4) is 0 Å². The maximum atomic E-state index is 14.6. The molecule has 4 N–H and O–H groups in total. The van der Waals surface area contributed by atoms with Crippen molar-refractivity contribution in [2.75, 3.05) is 63.6 Å². The number of phenolic OH excluding ortho intramolecular Hbond substituents is 1. The number of alkyl halides is 3. The van der Waals surface area contributed by atoms with Crippen molar-refractivity contribution in [2.24, 2.45) is 5.41 Å². The van der Waals surface area contributed by atoms with E-state index in [1.165, 1.54) is 41.3 Å². The Bertz CT molecular complexity index is 3360. The summed E-state index contributed by atoms with van der Waals surface area (Å²) in [5.74, 6) is -1.17. The number of aromatic hydroxyl groups is 1. The summed E-state index contributed by atoms with van der Waals surface area (Å²) in [6, 6.07) is 24.4. The van der Waals surface area contributed by atoms with E-state index in [1.54, 1.807) is 73.0 Å². The van der Waals surface area contributed by atoms with Crippen LogP contribution < -0.4 is 19.7 Å². The number of phenols is 1. The molecule has 84 heavy (non-hydrogen) atoms. The summed E-state index contributed by atoms with van der Waals surface area (Å²) < 4.78 is 103. The molecule has 2 saturated heterocycles. The summed E-state index contributed by atoms with van der Waals surface area (Å²) in [4.78, 5) is 51.7. The van der Waals surface area contributed by atoms with E-state index in [0.717, 1.165) is 27.4 Å². The maximum absolute atomic E-state index is 14.6. The van der Waals surface area contributed by atoms with Gasteiger partial charge in [0.25, 0.3) is 0 Å². The molecule has 2 bridgehead atoms. The van der Waals surface area contributed by atoms with Gasteiger partial charge in [-0.05, 0) is 108 Å². The molecule has 3 amide bonds. The summed E-state index contributed by atoms with van der Waals surface area (Å²) in [6.45, 7) is 7.63. The van der Waals surface area contributed by atoms with Crippen molar-refractivity contribution < 1.29 is 69.9 Å². The first-order chi connectivity index (χ1) is 40.0. The molecule has 2 fully saturated rings. The molecule has 3 aliphatic rings. The highest BCUT2D eigenvalue weighted by Crippen LogP contribution is 2.52. The number of carbonyl (C=O) groups is 3. The lowest BCUT2D eigenvalue weighted by Gasteiger charge is -2.35. The molecule has 0 spiro atoms. The summed E-state index contributed by atoms with van der Waals surface area (Å²) in [6.07, 6.45) is -2.70. The van der Waals surface area contributed by atoms with Gasteiger partial charge in [-0.1, -0.05) is 69.3 Å². The Morgan fingerprint density at radius 2 is 1.46 bits per heavy atom. The van der Waals surface area contributed by atoms with E-state index in [9.17, 15) is 46.2 Å². The molecule has 4 aromatic carbocycles. The Morgan fingerprint density at radius 3 is 2.08 bits per heavy atom. The van der Waals surface area contributed by atoms with E-state index < -0.39 is 87.6 Å². The molecule has 6 aromatic rings. The SMILES string of the molecule is Cc1ncsc1-c1ccc([C@@H](C)NC(=O)[C@H]2C[C@H](O)CN2C(=O)[C@H](NC(=O)COCCOCCOCCOc2ccc(N(CC(F)(F)F)S(=O)(=O)C3CC4OC3C(c3ccc(-n5ccnc5)cc3)=C4c3ccc(O)cc3)cc2)C(C)(C)C)cc1. The number of imidazole rings is 1. The number of benzene rings is 4. The first-order valence-corrected chi connectivity index (χ1v) is 29.8. The van der Waals surface area contributed by atoms with Gasteiger partial charge in [-0.15, -0.1) is 11.3 Å². The van der Waals surface area contributed by atoms with Crippen LogP contribution in [0.15, 0.2) is 121 Å². The Kier molecular flexibility index (Phi) is 19.3. The van der Waals surface area contributed by atoms with Gasteiger partial charge >= 0.3 is 6.18 Å². The van der Waals surface area contributed by atoms with Crippen LogP contribution in [-0.4, -0.2) is 157 Å². The van der Waals surface area contributed by atoms with Gasteiger partial charge in [0.1, 0.15) is 54.7 Å². The minimum atomic E-state index is -4.89. The normalized spacial score (nSPS) is 19.6. The molecule has 2 aromatic heterocycles. The first kappa shape index (κ1) is 61.4. The molecule has 9 rings (SSSR count). The van der Waals surface area contributed by atoms with Crippen LogP contribution in [0.1, 0.15) is 69.0 Å². The standard InChI is InChI=1S/C60H68F3N7O12S2/c1-37(39-6-8-42(9-7-39)55-38(2)65-36-83-55)66-57(74)48-30-46(72)32-69(48)58(75)56(59(3,4)5)67-51(73)33-80-27-26-78-24-25-79-28-29-81-47-20-16-44(17-21-47)70(34-60(61,62)63)84(76,77)50-31-49-52(40-12-18-45(71)19-13-40)53(54(50)82-49)41-10-14-43(15-11-41)68-23-22-64-35-68/h6-23,35-37,46,48-50,54,56,71-72H,24-34H2,1-5H3,(H,66,74)(H,67,73)/t37-,46+,48-,49?,50?,54?,56+/m1/s1. The van der Waals surface area contributed by atoms with Gasteiger partial charge in [0.05, 0.1) is 79.4 Å². The molecule has 0 saturated carbocycles. The maximum Gasteiger partial charge on any atom is 0.407 e. The van der Waals surface area contributed by atoms with Crippen molar-refractivity contribution in [3.8, 4) is 27.6 Å². The predicted molar refractivity (Wildman–Crippen MR) is 309 cm³/mol. The lowest BCUT2D eigenvalue weighted by Crippen LogP contribution is -2.58. The average molecular weight is 1200 g/mol. The third-order valence-corrected chi connectivity index (χ3v) is 18.0. The second-order valence-electron chi connectivity index (χ2n) is 21.9. The van der Waals surface area contributed by atoms with Crippen LogP contribution in [0.25, 0.3) is 27.3 Å². The Labute approximate surface area is 489 Å². The van der Waals surface area contributed by atoms with Crippen LogP contribution in [0, 0.1) is 12.3 Å². The minimum absolute atomic E-state index is 0.0325. The highest BCUT2D eigenvalue weighted by Gasteiger charge is 2.55. The van der Waals surface area contributed by atoms with Crippen LogP contribution in [0.5, 0.6) is 11.5 Å². The van der Waals surface area contributed by atoms with Crippen molar-refractivity contribution in [3.63, 3.8) is 0 Å². The molecule has 0 radical (unpaired) electrons. The second kappa shape index (κ2) is 26.4. The molecule has 3 unspecified atom stereocenters. The Hall–Kier alpha value is -7.19. The van der Waals surface area contributed by atoms with Gasteiger partial charge in [0, 0.05) is 31.0 Å². The van der Waals surface area contributed by atoms with E-state index in [-0.39, 0.29) is 82.8 Å². The van der Waals surface area contributed by atoms with Crippen molar-refractivity contribution in [3.05, 3.63) is 144 Å². The molecular weight excluding hydrogens is 1130 g/mol. The molecule has 3 aliphatic heterocycles. The lowest BCUT2D eigenvalue weighted by atomic mass is 9.83. The zero-order valence-electron chi connectivity index (χ0n) is 47.0. The number of β-amino-alcohol motifs (C(OH)–C–C–N with tert-alkyl or cyclic N) is 1. The number of anilines is 1. The van der Waals surface area contributed by atoms with Crippen LogP contribution >= 0.6 is 11.3 Å². The molecule has 19 nitrogen and oxygen atoms in total. The average Bonchev–Trinajstić information content (AvgIpc) is 2.46. The molecule has 24 heteroatoms. The van der Waals surface area contributed by atoms with Gasteiger partial charge in [0.2, 0.25) is 27.7 Å². The number of aromatic nitrogens is 3. The summed E-state index contributed by atoms with van der Waals surface area (Å²) in [7, 11) is -4.73. The number of hydrogen-bond acceptors (Lipinski definition) is 15. The number of fused-ring (bicyclic) bond motifs is 2. The quantitative estimate of drug-likeness (QED) is 0.0403. The monoisotopic (exact) mass is 1200 g/mol. The first-order valence-electron chi connectivity index (χ1n) is 27.5. The highest BCUT2D eigenvalue weighted by atomic mass is 32.2. The number of amides is 3. The lowest BCUT2D eigenvalue weighted by molar-refractivity contribution is -0.144. The van der Waals surface area contributed by atoms with Gasteiger partial charge in [-0.25, -0.2) is 18.4 Å². The van der Waals surface area contributed by atoms with Gasteiger partial charge in [-0.3, -0.25) is 18.7 Å². The number of carbonyl (C=O) groups excluding carboxylic acids is 3. The number of nitrogens with one attached hydrogen (secondary N) is 2. The third-order valence-electron chi connectivity index (χ3n) is 14.8. The summed E-state index contributed by atoms with van der Waals surface area (Å²) in [5.41, 5.74) is 6.98. The highest BCUT2D eigenvalue weighted by molar-refractivity contribution is 7.93. The molecule has 0 aliphatic carbocycles. The van der Waals surface area contributed by atoms with Gasteiger partial charge < -0.3 is 54.0 Å². The second-order valence-corrected chi connectivity index (χ2v) is 24.8. The number of hydrogen-bond donors (Lipinski definition) is 4. The van der Waals surface area contributed by atoms with Crippen molar-refractivity contribution in [2.45, 2.75) is 95.3 Å². The minimum Gasteiger partial charge on any atom is -0.508 e. The van der Waals surface area contributed by atoms with Crippen molar-refractivity contribution in [1.29, 1.82) is 0 Å². The zero-order valence-corrected chi connectivity index (χ0v) is 48.7. The number of thiazole rings is 1. The van der Waals surface area contributed by atoms with E-state index in [2.05, 4.69) is 20.6 Å². The third kappa shape index (κ3) is 14.6. The van der Waals surface area contributed by atoms with E-state index in [4.69, 9.17) is 23.7 Å². The fourth-order valence-corrected chi connectivity index (χ4v) is 13.4. The van der Waals surface area contributed by atoms with Gasteiger partial charge in [-0.2, -0.15) is 13.2 Å². The number of likely N-dealkylation sites (tertiary alicyclic amines) is 1. The molecule has 448 valence electrons. The number of aliphatic hydroxyl groups excluding tert-OH is 1. The molecule has 5 heterocycles. The van der Waals surface area contributed by atoms with Crippen LogP contribution in [-0.2, 0) is 43.4 Å².